The van der Waals surface area contributed by atoms with Gasteiger partial charge in [-0.3, -0.25) is 14.9 Å². The van der Waals surface area contributed by atoms with Gasteiger partial charge in [0, 0.05) is 33.2 Å². The summed E-state index contributed by atoms with van der Waals surface area (Å²) in [5.41, 5.74) is 0.975. The molecule has 1 unspecified atom stereocenters. The summed E-state index contributed by atoms with van der Waals surface area (Å²) in [5.74, 6) is 2.42. The molecular weight excluding hydrogens is 498 g/mol. The van der Waals surface area contributed by atoms with Crippen molar-refractivity contribution >= 4 is 40.8 Å². The average molecular weight is 530 g/mol. The molecule has 0 aliphatic carbocycles. The zero-order valence-corrected chi connectivity index (χ0v) is 21.6. The summed E-state index contributed by atoms with van der Waals surface area (Å²) in [4.78, 5) is 43.6. The highest BCUT2D eigenvalue weighted by Gasteiger charge is 2.31. The van der Waals surface area contributed by atoms with Crippen molar-refractivity contribution < 1.29 is 23.8 Å². The molecule has 4 heterocycles. The molecule has 0 saturated carbocycles. The van der Waals surface area contributed by atoms with Crippen LogP contribution in [-0.4, -0.2) is 104 Å². The summed E-state index contributed by atoms with van der Waals surface area (Å²) < 4.78 is 16.9. The van der Waals surface area contributed by atoms with E-state index in [-0.39, 0.29) is 16.4 Å². The summed E-state index contributed by atoms with van der Waals surface area (Å²) in [6, 6.07) is 7.60. The van der Waals surface area contributed by atoms with Gasteiger partial charge in [-0.25, -0.2) is 0 Å². The quantitative estimate of drug-likeness (QED) is 0.498. The van der Waals surface area contributed by atoms with Crippen LogP contribution in [0.1, 0.15) is 5.56 Å². The third kappa shape index (κ3) is 6.59. The molecule has 13 heteroatoms. The Morgan fingerprint density at radius 3 is 2.11 bits per heavy atom. The number of imide groups is 1. The van der Waals surface area contributed by atoms with Crippen LogP contribution in [0.2, 0.25) is 0 Å². The number of nitrogens with one attached hydrogen (secondary N) is 1. The van der Waals surface area contributed by atoms with Crippen LogP contribution < -0.4 is 24.8 Å². The lowest BCUT2D eigenvalue weighted by Gasteiger charge is -2.31. The van der Waals surface area contributed by atoms with Crippen molar-refractivity contribution in [2.45, 2.75) is 11.7 Å². The molecule has 1 aromatic heterocycles. The van der Waals surface area contributed by atoms with Crippen molar-refractivity contribution in [1.82, 2.24) is 20.3 Å². The van der Waals surface area contributed by atoms with Gasteiger partial charge in [0.1, 0.15) is 12.4 Å². The van der Waals surface area contributed by atoms with Crippen LogP contribution in [0.5, 0.6) is 5.75 Å². The molecule has 0 spiro atoms. The fourth-order valence-electron chi connectivity index (χ4n) is 4.19. The summed E-state index contributed by atoms with van der Waals surface area (Å²) >= 11 is 1.04. The van der Waals surface area contributed by atoms with Gasteiger partial charge in [-0.2, -0.15) is 15.0 Å². The van der Waals surface area contributed by atoms with Crippen molar-refractivity contribution in [2.75, 3.05) is 87.5 Å². The number of carbonyl (C=O) groups excluding carboxylic acids is 2. The number of morpholine rings is 2. The summed E-state index contributed by atoms with van der Waals surface area (Å²) in [6.45, 7) is 6.62. The molecular formula is C24H31N7O5S. The SMILES string of the molecule is CN(CCOc1ccc(CC2SC(=O)NC2=O)cc1)c1nc(N2CCOCC2)nc(N2CCOCC2)n1. The van der Waals surface area contributed by atoms with Gasteiger partial charge in [0.15, 0.2) is 0 Å². The van der Waals surface area contributed by atoms with E-state index in [4.69, 9.17) is 29.2 Å². The van der Waals surface area contributed by atoms with Crippen LogP contribution in [-0.2, 0) is 20.7 Å². The van der Waals surface area contributed by atoms with Gasteiger partial charge in [0.05, 0.1) is 38.2 Å². The van der Waals surface area contributed by atoms with Crippen LogP contribution in [0.15, 0.2) is 24.3 Å². The number of nitrogens with zero attached hydrogens (tertiary/aromatic N) is 6. The van der Waals surface area contributed by atoms with Crippen molar-refractivity contribution in [3.8, 4) is 5.75 Å². The van der Waals surface area contributed by atoms with E-state index in [1.54, 1.807) is 0 Å². The highest BCUT2D eigenvalue weighted by molar-refractivity contribution is 8.15. The molecule has 1 N–H and O–H groups in total. The first-order chi connectivity index (χ1) is 18.0. The number of amides is 2. The molecule has 2 aromatic rings. The minimum absolute atomic E-state index is 0.231. The molecule has 3 saturated heterocycles. The Kier molecular flexibility index (Phi) is 8.21. The molecule has 1 aromatic carbocycles. The number of rotatable bonds is 9. The van der Waals surface area contributed by atoms with Crippen LogP contribution in [0, 0.1) is 0 Å². The van der Waals surface area contributed by atoms with E-state index in [1.807, 2.05) is 36.2 Å². The monoisotopic (exact) mass is 529 g/mol. The Morgan fingerprint density at radius 2 is 1.57 bits per heavy atom. The van der Waals surface area contributed by atoms with E-state index >= 15 is 0 Å². The number of thioether (sulfide) groups is 1. The highest BCUT2D eigenvalue weighted by atomic mass is 32.2. The molecule has 12 nitrogen and oxygen atoms in total. The van der Waals surface area contributed by atoms with Crippen LogP contribution in [0.4, 0.5) is 22.6 Å². The Bertz CT molecular complexity index is 1060. The zero-order chi connectivity index (χ0) is 25.6. The van der Waals surface area contributed by atoms with Gasteiger partial charge < -0.3 is 28.9 Å². The maximum Gasteiger partial charge on any atom is 0.286 e. The fourth-order valence-corrected chi connectivity index (χ4v) is 5.05. The smallest absolute Gasteiger partial charge is 0.286 e. The molecule has 5 rings (SSSR count). The normalized spacial score (nSPS) is 20.2. The molecule has 2 amide bonds. The van der Waals surface area contributed by atoms with E-state index in [0.717, 1.165) is 49.3 Å². The molecule has 198 valence electrons. The largest absolute Gasteiger partial charge is 0.492 e. The number of benzene rings is 1. The number of hydrogen-bond donors (Lipinski definition) is 1. The molecule has 37 heavy (non-hydrogen) atoms. The van der Waals surface area contributed by atoms with Gasteiger partial charge in [0.2, 0.25) is 23.8 Å². The third-order valence-corrected chi connectivity index (χ3v) is 7.32. The summed E-state index contributed by atoms with van der Waals surface area (Å²) in [5, 5.41) is 1.66. The fraction of sp³-hybridized carbons (Fsp3) is 0.542. The van der Waals surface area contributed by atoms with E-state index < -0.39 is 0 Å². The second-order valence-corrected chi connectivity index (χ2v) is 10.1. The van der Waals surface area contributed by atoms with Gasteiger partial charge in [0.25, 0.3) is 5.24 Å². The van der Waals surface area contributed by atoms with Crippen LogP contribution >= 0.6 is 11.8 Å². The molecule has 3 aliphatic heterocycles. The first-order valence-electron chi connectivity index (χ1n) is 12.4. The van der Waals surface area contributed by atoms with E-state index in [1.165, 1.54) is 0 Å². The second kappa shape index (κ2) is 11.9. The molecule has 1 atom stereocenters. The van der Waals surface area contributed by atoms with E-state index in [2.05, 4.69) is 15.1 Å². The van der Waals surface area contributed by atoms with Gasteiger partial charge in [-0.05, 0) is 24.1 Å². The lowest BCUT2D eigenvalue weighted by molar-refractivity contribution is -0.118. The topological polar surface area (TPSA) is 122 Å². The minimum Gasteiger partial charge on any atom is -0.492 e. The number of ether oxygens (including phenoxy) is 3. The lowest BCUT2D eigenvalue weighted by Crippen LogP contribution is -2.40. The first-order valence-corrected chi connectivity index (χ1v) is 13.3. The number of carbonyl (C=O) groups is 2. The van der Waals surface area contributed by atoms with Crippen LogP contribution in [0.3, 0.4) is 0 Å². The second-order valence-electron chi connectivity index (χ2n) is 8.94. The Balaban J connectivity index is 1.19. The predicted molar refractivity (Wildman–Crippen MR) is 140 cm³/mol. The first kappa shape index (κ1) is 25.5. The maximum atomic E-state index is 11.8. The molecule has 0 bridgehead atoms. The molecule has 3 fully saturated rings. The number of anilines is 3. The highest BCUT2D eigenvalue weighted by Crippen LogP contribution is 2.24. The standard InChI is InChI=1S/C24H31N7O5S/c1-29(6-15-36-18-4-2-17(3-5-18)16-19-20(32)25-24(33)37-19)21-26-22(30-7-11-34-12-8-30)28-23(27-21)31-9-13-35-14-10-31/h2-5,19H,6-16H2,1H3,(H,25,32,33). The Labute approximate surface area is 219 Å². The van der Waals surface area contributed by atoms with Gasteiger partial charge in [-0.15, -0.1) is 0 Å². The number of hydrogen-bond acceptors (Lipinski definition) is 12. The molecule has 3 aliphatic rings. The summed E-state index contributed by atoms with van der Waals surface area (Å²) in [7, 11) is 1.94. The van der Waals surface area contributed by atoms with Gasteiger partial charge >= 0.3 is 0 Å². The van der Waals surface area contributed by atoms with Crippen molar-refractivity contribution in [3.05, 3.63) is 29.8 Å². The van der Waals surface area contributed by atoms with E-state index in [0.29, 0.717) is 63.8 Å². The summed E-state index contributed by atoms with van der Waals surface area (Å²) in [6.07, 6.45) is 0.502. The molecule has 0 radical (unpaired) electrons. The number of aromatic nitrogens is 3. The average Bonchev–Trinajstić information content (AvgIpc) is 3.26. The third-order valence-electron chi connectivity index (χ3n) is 6.34. The van der Waals surface area contributed by atoms with Crippen molar-refractivity contribution in [3.63, 3.8) is 0 Å². The number of likely N-dealkylation sites (N-methyl/N-ethyl adjacent to an activating group) is 1. The van der Waals surface area contributed by atoms with E-state index in [9.17, 15) is 9.59 Å². The maximum absolute atomic E-state index is 11.8. The minimum atomic E-state index is -0.377. The zero-order valence-electron chi connectivity index (χ0n) is 20.8. The Morgan fingerprint density at radius 1 is 0.973 bits per heavy atom. The van der Waals surface area contributed by atoms with Crippen molar-refractivity contribution in [2.24, 2.45) is 0 Å². The lowest BCUT2D eigenvalue weighted by atomic mass is 10.1. The van der Waals surface area contributed by atoms with Gasteiger partial charge in [-0.1, -0.05) is 23.9 Å². The Hall–Kier alpha value is -3.16. The van der Waals surface area contributed by atoms with Crippen LogP contribution in [0.25, 0.3) is 0 Å². The van der Waals surface area contributed by atoms with Crippen molar-refractivity contribution in [1.29, 1.82) is 0 Å². The predicted octanol–water partition coefficient (Wildman–Crippen LogP) is 0.954.